The second-order valence-corrected chi connectivity index (χ2v) is 3.37. The van der Waals surface area contributed by atoms with Gasteiger partial charge in [-0.05, 0) is 19.9 Å². The number of hydrogen-bond acceptors (Lipinski definition) is 2. The number of nitrogens with one attached hydrogen (secondary N) is 2. The van der Waals surface area contributed by atoms with Gasteiger partial charge in [-0.15, -0.1) is 6.58 Å². The summed E-state index contributed by atoms with van der Waals surface area (Å²) < 4.78 is 0. The molecule has 0 aromatic carbocycles. The summed E-state index contributed by atoms with van der Waals surface area (Å²) in [5.74, 6) is 0.155. The molecule has 12 heavy (non-hydrogen) atoms. The van der Waals surface area contributed by atoms with Gasteiger partial charge in [0.25, 0.3) is 0 Å². The largest absolute Gasteiger partial charge is 0.354 e. The summed E-state index contributed by atoms with van der Waals surface area (Å²) in [6.07, 6.45) is 1.61. The van der Waals surface area contributed by atoms with Crippen molar-refractivity contribution in [1.82, 2.24) is 10.6 Å². The summed E-state index contributed by atoms with van der Waals surface area (Å²) in [5.41, 5.74) is 1.18. The Morgan fingerprint density at radius 3 is 3.08 bits per heavy atom. The molecule has 0 saturated carbocycles. The van der Waals surface area contributed by atoms with Gasteiger partial charge in [-0.3, -0.25) is 4.79 Å². The molecule has 0 aliphatic carbocycles. The fourth-order valence-electron chi connectivity index (χ4n) is 1.24. The third kappa shape index (κ3) is 3.05. The highest BCUT2D eigenvalue weighted by Gasteiger charge is 2.19. The Balaban J connectivity index is 2.08. The van der Waals surface area contributed by atoms with Crippen LogP contribution in [0.25, 0.3) is 0 Å². The maximum absolute atomic E-state index is 10.8. The van der Waals surface area contributed by atoms with Gasteiger partial charge < -0.3 is 10.6 Å². The van der Waals surface area contributed by atoms with Crippen LogP contribution in [0.3, 0.4) is 0 Å². The minimum absolute atomic E-state index is 0.155. The van der Waals surface area contributed by atoms with Gasteiger partial charge in [0.2, 0.25) is 5.91 Å². The molecule has 0 radical (unpaired) electrons. The first-order valence-electron chi connectivity index (χ1n) is 4.33. The molecule has 0 aromatic heterocycles. The number of rotatable bonds is 4. The lowest BCUT2D eigenvalue weighted by Crippen LogP contribution is -2.31. The molecule has 1 atom stereocenters. The summed E-state index contributed by atoms with van der Waals surface area (Å²) in [6, 6.07) is 0.330. The van der Waals surface area contributed by atoms with E-state index in [2.05, 4.69) is 17.2 Å². The molecule has 1 aliphatic heterocycles. The monoisotopic (exact) mass is 168 g/mol. The molecule has 68 valence electrons. The topological polar surface area (TPSA) is 41.1 Å². The van der Waals surface area contributed by atoms with Crippen LogP contribution in [0.5, 0.6) is 0 Å². The van der Waals surface area contributed by atoms with Crippen molar-refractivity contribution in [3.8, 4) is 0 Å². The van der Waals surface area contributed by atoms with Crippen molar-refractivity contribution in [2.24, 2.45) is 0 Å². The molecule has 1 rings (SSSR count). The molecule has 1 unspecified atom stereocenters. The lowest BCUT2D eigenvalue weighted by molar-refractivity contribution is -0.119. The van der Waals surface area contributed by atoms with E-state index in [1.807, 2.05) is 6.92 Å². The minimum Gasteiger partial charge on any atom is -0.354 e. The summed E-state index contributed by atoms with van der Waals surface area (Å²) in [4.78, 5) is 10.8. The molecular weight excluding hydrogens is 152 g/mol. The SMILES string of the molecule is C=C(C)CCNC1CNC(=O)C1. The minimum atomic E-state index is 0.155. The van der Waals surface area contributed by atoms with Crippen molar-refractivity contribution in [1.29, 1.82) is 0 Å². The van der Waals surface area contributed by atoms with Crippen molar-refractivity contribution in [2.45, 2.75) is 25.8 Å². The first kappa shape index (κ1) is 9.26. The van der Waals surface area contributed by atoms with Crippen LogP contribution < -0.4 is 10.6 Å². The standard InChI is InChI=1S/C9H16N2O/c1-7(2)3-4-10-8-5-9(12)11-6-8/h8,10H,1,3-6H2,2H3,(H,11,12). The quantitative estimate of drug-likeness (QED) is 0.598. The van der Waals surface area contributed by atoms with Crippen LogP contribution in [0.15, 0.2) is 12.2 Å². The van der Waals surface area contributed by atoms with Crippen LogP contribution in [0.4, 0.5) is 0 Å². The molecule has 1 saturated heterocycles. The summed E-state index contributed by atoms with van der Waals surface area (Å²) >= 11 is 0. The summed E-state index contributed by atoms with van der Waals surface area (Å²) in [6.45, 7) is 7.52. The number of carbonyl (C=O) groups excluding carboxylic acids is 1. The van der Waals surface area contributed by atoms with Crippen molar-refractivity contribution < 1.29 is 4.79 Å². The molecular formula is C9H16N2O. The third-order valence-corrected chi connectivity index (χ3v) is 1.96. The predicted octanol–water partition coefficient (Wildman–Crippen LogP) is 0.431. The summed E-state index contributed by atoms with van der Waals surface area (Å²) in [5, 5.41) is 6.08. The molecule has 1 fully saturated rings. The molecule has 3 heteroatoms. The highest BCUT2D eigenvalue weighted by molar-refractivity contribution is 5.78. The predicted molar refractivity (Wildman–Crippen MR) is 48.8 cm³/mol. The molecule has 1 amide bonds. The van der Waals surface area contributed by atoms with Gasteiger partial charge in [0, 0.05) is 19.0 Å². The maximum atomic E-state index is 10.8. The van der Waals surface area contributed by atoms with Gasteiger partial charge >= 0.3 is 0 Å². The normalized spacial score (nSPS) is 22.4. The van der Waals surface area contributed by atoms with Gasteiger partial charge in [-0.25, -0.2) is 0 Å². The molecule has 3 nitrogen and oxygen atoms in total. The first-order valence-corrected chi connectivity index (χ1v) is 4.33. The number of carbonyl (C=O) groups is 1. The van der Waals surface area contributed by atoms with Crippen LogP contribution in [-0.2, 0) is 4.79 Å². The molecule has 2 N–H and O–H groups in total. The van der Waals surface area contributed by atoms with Gasteiger partial charge in [0.1, 0.15) is 0 Å². The molecule has 0 spiro atoms. The van der Waals surface area contributed by atoms with Crippen molar-refractivity contribution in [3.05, 3.63) is 12.2 Å². The Kier molecular flexibility index (Phi) is 3.29. The fraction of sp³-hybridized carbons (Fsp3) is 0.667. The maximum Gasteiger partial charge on any atom is 0.221 e. The lowest BCUT2D eigenvalue weighted by Gasteiger charge is -2.09. The van der Waals surface area contributed by atoms with Gasteiger partial charge in [-0.1, -0.05) is 5.57 Å². The Morgan fingerprint density at radius 1 is 1.83 bits per heavy atom. The second kappa shape index (κ2) is 4.26. The van der Waals surface area contributed by atoms with E-state index in [4.69, 9.17) is 0 Å². The van der Waals surface area contributed by atoms with Crippen LogP contribution in [0.1, 0.15) is 19.8 Å². The van der Waals surface area contributed by atoms with Gasteiger partial charge in [0.15, 0.2) is 0 Å². The van der Waals surface area contributed by atoms with E-state index in [1.165, 1.54) is 5.57 Å². The van der Waals surface area contributed by atoms with Crippen LogP contribution >= 0.6 is 0 Å². The molecule has 1 heterocycles. The highest BCUT2D eigenvalue weighted by Crippen LogP contribution is 2.00. The number of hydrogen-bond donors (Lipinski definition) is 2. The molecule has 0 aromatic rings. The average molecular weight is 168 g/mol. The van der Waals surface area contributed by atoms with Crippen molar-refractivity contribution in [3.63, 3.8) is 0 Å². The van der Waals surface area contributed by atoms with Gasteiger partial charge in [0.05, 0.1) is 0 Å². The Hall–Kier alpha value is -0.830. The molecule has 1 aliphatic rings. The van der Waals surface area contributed by atoms with Crippen LogP contribution in [0, 0.1) is 0 Å². The fourth-order valence-corrected chi connectivity index (χ4v) is 1.24. The van der Waals surface area contributed by atoms with E-state index in [9.17, 15) is 4.79 Å². The van der Waals surface area contributed by atoms with Crippen LogP contribution in [-0.4, -0.2) is 25.0 Å². The Morgan fingerprint density at radius 2 is 2.58 bits per heavy atom. The number of amides is 1. The van der Waals surface area contributed by atoms with E-state index in [-0.39, 0.29) is 5.91 Å². The van der Waals surface area contributed by atoms with Crippen molar-refractivity contribution in [2.75, 3.05) is 13.1 Å². The zero-order chi connectivity index (χ0) is 8.97. The van der Waals surface area contributed by atoms with E-state index < -0.39 is 0 Å². The average Bonchev–Trinajstić information content (AvgIpc) is 2.35. The van der Waals surface area contributed by atoms with Gasteiger partial charge in [-0.2, -0.15) is 0 Å². The Bertz CT molecular complexity index is 189. The van der Waals surface area contributed by atoms with Crippen LogP contribution in [0.2, 0.25) is 0 Å². The lowest BCUT2D eigenvalue weighted by atomic mass is 10.2. The Labute approximate surface area is 73.2 Å². The van der Waals surface area contributed by atoms with E-state index in [0.29, 0.717) is 12.5 Å². The van der Waals surface area contributed by atoms with Crippen molar-refractivity contribution >= 4 is 5.91 Å². The zero-order valence-electron chi connectivity index (χ0n) is 7.52. The molecule has 0 bridgehead atoms. The van der Waals surface area contributed by atoms with E-state index >= 15 is 0 Å². The highest BCUT2D eigenvalue weighted by atomic mass is 16.1. The zero-order valence-corrected chi connectivity index (χ0v) is 7.52. The van der Waals surface area contributed by atoms with E-state index in [1.54, 1.807) is 0 Å². The third-order valence-electron chi connectivity index (χ3n) is 1.96. The first-order chi connectivity index (χ1) is 5.68. The van der Waals surface area contributed by atoms with E-state index in [0.717, 1.165) is 19.5 Å². The summed E-state index contributed by atoms with van der Waals surface area (Å²) in [7, 11) is 0. The second-order valence-electron chi connectivity index (χ2n) is 3.37. The smallest absolute Gasteiger partial charge is 0.221 e.